The monoisotopic (exact) mass is 380 g/mol. The lowest BCUT2D eigenvalue weighted by atomic mass is 9.72. The summed E-state index contributed by atoms with van der Waals surface area (Å²) >= 11 is 0. The van der Waals surface area contributed by atoms with E-state index in [2.05, 4.69) is 42.6 Å². The van der Waals surface area contributed by atoms with Crippen LogP contribution in [-0.4, -0.2) is 40.2 Å². The number of benzene rings is 1. The summed E-state index contributed by atoms with van der Waals surface area (Å²) in [5, 5.41) is 20.8. The van der Waals surface area contributed by atoms with Gasteiger partial charge in [0.05, 0.1) is 0 Å². The molecule has 1 aromatic heterocycles. The molecule has 1 aromatic carbocycles. The van der Waals surface area contributed by atoms with Crippen molar-refractivity contribution in [3.8, 4) is 11.5 Å². The van der Waals surface area contributed by atoms with Gasteiger partial charge in [-0.3, -0.25) is 0 Å². The Bertz CT molecular complexity index is 894. The molecule has 0 radical (unpaired) electrons. The number of hydrogen-bond acceptors (Lipinski definition) is 3. The fourth-order valence-electron chi connectivity index (χ4n) is 4.57. The Labute approximate surface area is 168 Å². The van der Waals surface area contributed by atoms with E-state index in [0.717, 1.165) is 42.8 Å². The molecule has 0 saturated carbocycles. The standard InChI is InChI=1S/C24H32N2O2/c1-6-9-17-19-12-16(14-26(5)8-3)18(13-21(19)25-20(17)7-2)23-15(4)10-11-22(27)24(23)28/h6-7,9-11,16,18,25,27-28H,2,8,12-14H2,1,3-5H3/b9-6-. The third-order valence-corrected chi connectivity index (χ3v) is 6.13. The zero-order chi connectivity index (χ0) is 20.4. The molecule has 0 bridgehead atoms. The van der Waals surface area contributed by atoms with E-state index in [0.29, 0.717) is 5.92 Å². The van der Waals surface area contributed by atoms with Crippen LogP contribution >= 0.6 is 0 Å². The molecule has 1 aliphatic carbocycles. The van der Waals surface area contributed by atoms with Gasteiger partial charge in [0.1, 0.15) is 0 Å². The highest BCUT2D eigenvalue weighted by Gasteiger charge is 2.35. The van der Waals surface area contributed by atoms with Gasteiger partial charge in [-0.2, -0.15) is 0 Å². The van der Waals surface area contributed by atoms with Crippen LogP contribution in [0.5, 0.6) is 11.5 Å². The van der Waals surface area contributed by atoms with Crippen molar-refractivity contribution in [2.45, 2.75) is 39.5 Å². The zero-order valence-electron chi connectivity index (χ0n) is 17.4. The highest BCUT2D eigenvalue weighted by atomic mass is 16.3. The molecule has 2 atom stereocenters. The quantitative estimate of drug-likeness (QED) is 0.627. The molecule has 2 unspecified atom stereocenters. The summed E-state index contributed by atoms with van der Waals surface area (Å²) in [6, 6.07) is 3.47. The van der Waals surface area contributed by atoms with Gasteiger partial charge < -0.3 is 20.1 Å². The lowest BCUT2D eigenvalue weighted by Gasteiger charge is -2.36. The summed E-state index contributed by atoms with van der Waals surface area (Å²) in [6.07, 6.45) is 7.86. The molecule has 0 fully saturated rings. The number of allylic oxidation sites excluding steroid dienone is 1. The van der Waals surface area contributed by atoms with Crippen molar-refractivity contribution in [3.05, 3.63) is 58.4 Å². The summed E-state index contributed by atoms with van der Waals surface area (Å²) in [5.41, 5.74) is 6.76. The maximum Gasteiger partial charge on any atom is 0.161 e. The van der Waals surface area contributed by atoms with Gasteiger partial charge >= 0.3 is 0 Å². The van der Waals surface area contributed by atoms with E-state index in [1.807, 2.05) is 26.0 Å². The Morgan fingerprint density at radius 2 is 2.04 bits per heavy atom. The van der Waals surface area contributed by atoms with E-state index in [9.17, 15) is 10.2 Å². The van der Waals surface area contributed by atoms with E-state index in [4.69, 9.17) is 0 Å². The van der Waals surface area contributed by atoms with E-state index < -0.39 is 0 Å². The number of hydrogen-bond donors (Lipinski definition) is 3. The molecule has 0 amide bonds. The Balaban J connectivity index is 2.12. The number of phenolic OH excluding ortho intramolecular Hbond substituents is 2. The average Bonchev–Trinajstić information content (AvgIpc) is 3.02. The van der Waals surface area contributed by atoms with Gasteiger partial charge in [0.15, 0.2) is 11.5 Å². The number of aryl methyl sites for hydroxylation is 1. The van der Waals surface area contributed by atoms with Crippen molar-refractivity contribution in [1.29, 1.82) is 0 Å². The van der Waals surface area contributed by atoms with Crippen molar-refractivity contribution < 1.29 is 10.2 Å². The highest BCUT2D eigenvalue weighted by molar-refractivity contribution is 5.67. The highest BCUT2D eigenvalue weighted by Crippen LogP contribution is 2.46. The molecule has 1 aliphatic rings. The van der Waals surface area contributed by atoms with Crippen molar-refractivity contribution in [1.82, 2.24) is 9.88 Å². The Morgan fingerprint density at radius 3 is 2.68 bits per heavy atom. The molecule has 0 aliphatic heterocycles. The molecule has 150 valence electrons. The van der Waals surface area contributed by atoms with Crippen LogP contribution in [0.25, 0.3) is 12.2 Å². The third-order valence-electron chi connectivity index (χ3n) is 6.13. The van der Waals surface area contributed by atoms with Crippen LogP contribution < -0.4 is 0 Å². The lowest BCUT2D eigenvalue weighted by molar-refractivity contribution is 0.246. The second kappa shape index (κ2) is 8.27. The average molecular weight is 381 g/mol. The number of nitrogens with zero attached hydrogens (tertiary/aromatic N) is 1. The number of rotatable bonds is 6. The molecule has 3 N–H and O–H groups in total. The predicted octanol–water partition coefficient (Wildman–Crippen LogP) is 4.86. The lowest BCUT2D eigenvalue weighted by Crippen LogP contribution is -2.34. The number of phenols is 2. The number of aromatic amines is 1. The molecule has 1 heterocycles. The summed E-state index contributed by atoms with van der Waals surface area (Å²) in [6.45, 7) is 12.1. The van der Waals surface area contributed by atoms with Gasteiger partial charge in [-0.1, -0.05) is 31.7 Å². The number of aromatic hydroxyl groups is 2. The first-order chi connectivity index (χ1) is 13.4. The fraction of sp³-hybridized carbons (Fsp3) is 0.417. The fourth-order valence-corrected chi connectivity index (χ4v) is 4.57. The molecular weight excluding hydrogens is 348 g/mol. The van der Waals surface area contributed by atoms with Gasteiger partial charge in [-0.25, -0.2) is 0 Å². The molecule has 4 heteroatoms. The van der Waals surface area contributed by atoms with Gasteiger partial charge in [0.25, 0.3) is 0 Å². The van der Waals surface area contributed by atoms with Crippen molar-refractivity contribution in [3.63, 3.8) is 0 Å². The third kappa shape index (κ3) is 3.61. The number of H-pyrrole nitrogens is 1. The Hall–Kier alpha value is -2.46. The summed E-state index contributed by atoms with van der Waals surface area (Å²) in [5.74, 6) is 0.480. The number of aromatic nitrogens is 1. The van der Waals surface area contributed by atoms with E-state index in [-0.39, 0.29) is 17.4 Å². The second-order valence-corrected chi connectivity index (χ2v) is 7.91. The van der Waals surface area contributed by atoms with Gasteiger partial charge in [-0.15, -0.1) is 0 Å². The largest absolute Gasteiger partial charge is 0.504 e. The van der Waals surface area contributed by atoms with Crippen LogP contribution in [-0.2, 0) is 12.8 Å². The minimum Gasteiger partial charge on any atom is -0.504 e. The van der Waals surface area contributed by atoms with Crippen molar-refractivity contribution in [2.24, 2.45) is 5.92 Å². The first-order valence-electron chi connectivity index (χ1n) is 10.1. The predicted molar refractivity (Wildman–Crippen MR) is 117 cm³/mol. The zero-order valence-corrected chi connectivity index (χ0v) is 17.4. The smallest absolute Gasteiger partial charge is 0.161 e. The maximum atomic E-state index is 10.7. The van der Waals surface area contributed by atoms with Crippen LogP contribution in [0.4, 0.5) is 0 Å². The maximum absolute atomic E-state index is 10.7. The van der Waals surface area contributed by atoms with Crippen LogP contribution in [0.15, 0.2) is 24.8 Å². The molecule has 28 heavy (non-hydrogen) atoms. The first-order valence-corrected chi connectivity index (χ1v) is 10.1. The molecular formula is C24H32N2O2. The molecule has 3 rings (SSSR count). The molecule has 4 nitrogen and oxygen atoms in total. The Kier molecular flexibility index (Phi) is 5.99. The van der Waals surface area contributed by atoms with E-state index in [1.165, 1.54) is 16.8 Å². The number of nitrogens with one attached hydrogen (secondary N) is 1. The topological polar surface area (TPSA) is 59.5 Å². The van der Waals surface area contributed by atoms with Crippen LogP contribution in [0.3, 0.4) is 0 Å². The minimum atomic E-state index is -0.0399. The normalized spacial score (nSPS) is 19.3. The van der Waals surface area contributed by atoms with Gasteiger partial charge in [-0.05, 0) is 75.4 Å². The second-order valence-electron chi connectivity index (χ2n) is 7.91. The van der Waals surface area contributed by atoms with Crippen LogP contribution in [0, 0.1) is 12.8 Å². The van der Waals surface area contributed by atoms with Crippen LogP contribution in [0.1, 0.15) is 53.4 Å². The summed E-state index contributed by atoms with van der Waals surface area (Å²) in [7, 11) is 2.14. The molecule has 0 spiro atoms. The number of fused-ring (bicyclic) bond motifs is 1. The minimum absolute atomic E-state index is 0.0294. The van der Waals surface area contributed by atoms with E-state index in [1.54, 1.807) is 6.07 Å². The molecule has 0 saturated heterocycles. The summed E-state index contributed by atoms with van der Waals surface area (Å²) in [4.78, 5) is 5.88. The van der Waals surface area contributed by atoms with Crippen LogP contribution in [0.2, 0.25) is 0 Å². The first kappa shape index (κ1) is 20.3. The van der Waals surface area contributed by atoms with Crippen molar-refractivity contribution in [2.75, 3.05) is 20.1 Å². The van der Waals surface area contributed by atoms with Gasteiger partial charge in [0.2, 0.25) is 0 Å². The Morgan fingerprint density at radius 1 is 1.29 bits per heavy atom. The van der Waals surface area contributed by atoms with Crippen molar-refractivity contribution >= 4 is 12.2 Å². The SMILES string of the molecule is C=Cc1[nH]c2c(c1/C=C\C)CC(CN(C)CC)C(c1c(C)ccc(O)c1O)C2. The summed E-state index contributed by atoms with van der Waals surface area (Å²) < 4.78 is 0. The molecule has 2 aromatic rings. The van der Waals surface area contributed by atoms with Gasteiger partial charge in [0, 0.05) is 29.1 Å². The van der Waals surface area contributed by atoms with E-state index >= 15 is 0 Å².